The second-order valence-corrected chi connectivity index (χ2v) is 5.44. The fourth-order valence-corrected chi connectivity index (χ4v) is 1.69. The lowest BCUT2D eigenvalue weighted by atomic mass is 10.1. The number of ketones is 1. The second kappa shape index (κ2) is 5.93. The summed E-state index contributed by atoms with van der Waals surface area (Å²) in [4.78, 5) is 10.8. The first-order valence-corrected chi connectivity index (χ1v) is 6.81. The lowest BCUT2D eigenvalue weighted by Gasteiger charge is -2.06. The van der Waals surface area contributed by atoms with Crippen molar-refractivity contribution in [2.75, 3.05) is 0 Å². The van der Waals surface area contributed by atoms with Gasteiger partial charge in [-0.2, -0.15) is 0 Å². The van der Waals surface area contributed by atoms with E-state index in [0.717, 1.165) is 0 Å². The minimum absolute atomic E-state index is 0.0599. The smallest absolute Gasteiger partial charge is 0.238 e. The van der Waals surface area contributed by atoms with Crippen molar-refractivity contribution >= 4 is 15.8 Å². The largest absolute Gasteiger partial charge is 0.318 e. The molecule has 0 aliphatic rings. The van der Waals surface area contributed by atoms with Crippen molar-refractivity contribution in [1.82, 2.24) is 0 Å². The van der Waals surface area contributed by atoms with Crippen LogP contribution in [0, 0.1) is 11.8 Å². The number of nitrogens with two attached hydrogens (primary N) is 2. The van der Waals surface area contributed by atoms with Gasteiger partial charge >= 0.3 is 0 Å². The number of carbonyl (C=O) groups is 1. The highest BCUT2D eigenvalue weighted by Gasteiger charge is 2.18. The highest BCUT2D eigenvalue weighted by Crippen LogP contribution is 2.08. The molecule has 0 saturated carbocycles. The Morgan fingerprint density at radius 3 is 2.26 bits per heavy atom. The van der Waals surface area contributed by atoms with Gasteiger partial charge < -0.3 is 5.73 Å². The molecule has 0 aliphatic carbocycles. The number of alkyl halides is 1. The molecule has 0 radical (unpaired) electrons. The number of rotatable bonds is 3. The second-order valence-electron chi connectivity index (χ2n) is 3.88. The highest BCUT2D eigenvalue weighted by atomic mass is 32.2. The van der Waals surface area contributed by atoms with Crippen molar-refractivity contribution in [1.29, 1.82) is 0 Å². The van der Waals surface area contributed by atoms with E-state index < -0.39 is 28.0 Å². The lowest BCUT2D eigenvalue weighted by Crippen LogP contribution is -2.37. The van der Waals surface area contributed by atoms with E-state index in [9.17, 15) is 17.6 Å². The normalized spacial score (nSPS) is 14.1. The minimum atomic E-state index is -3.76. The molecule has 2 atom stereocenters. The first-order valence-electron chi connectivity index (χ1n) is 5.26. The Labute approximate surface area is 110 Å². The maximum absolute atomic E-state index is 13.4. The van der Waals surface area contributed by atoms with E-state index in [4.69, 9.17) is 10.9 Å². The number of hydrogen-bond acceptors (Lipinski definition) is 4. The summed E-state index contributed by atoms with van der Waals surface area (Å²) >= 11 is 0. The van der Waals surface area contributed by atoms with Gasteiger partial charge in [-0.05, 0) is 31.2 Å². The molecule has 0 aliphatic heterocycles. The van der Waals surface area contributed by atoms with E-state index in [1.54, 1.807) is 0 Å². The van der Waals surface area contributed by atoms with Gasteiger partial charge in [0.1, 0.15) is 11.8 Å². The molecule has 7 heteroatoms. The van der Waals surface area contributed by atoms with Gasteiger partial charge in [0.25, 0.3) is 0 Å². The van der Waals surface area contributed by atoms with E-state index in [0.29, 0.717) is 5.56 Å². The number of sulfonamides is 1. The Morgan fingerprint density at radius 1 is 1.32 bits per heavy atom. The quantitative estimate of drug-likeness (QED) is 0.759. The number of primary sulfonamides is 1. The molecule has 0 spiro atoms. The van der Waals surface area contributed by atoms with Crippen LogP contribution in [0.25, 0.3) is 0 Å². The molecule has 5 nitrogen and oxygen atoms in total. The molecule has 19 heavy (non-hydrogen) atoms. The SMILES string of the molecule is CC(=O)C(N)C(F)C#Cc1ccc(S(N)(=O)=O)cc1. The Balaban J connectivity index is 2.88. The molecule has 0 aromatic heterocycles. The highest BCUT2D eigenvalue weighted by molar-refractivity contribution is 7.89. The molecule has 2 unspecified atom stereocenters. The number of hydrogen-bond donors (Lipinski definition) is 2. The van der Waals surface area contributed by atoms with E-state index in [-0.39, 0.29) is 4.90 Å². The monoisotopic (exact) mass is 284 g/mol. The summed E-state index contributed by atoms with van der Waals surface area (Å²) in [6.45, 7) is 1.18. The summed E-state index contributed by atoms with van der Waals surface area (Å²) < 4.78 is 35.4. The number of Topliss-reactive ketones (excluding diaryl/α,β-unsaturated/α-hetero) is 1. The van der Waals surface area contributed by atoms with Gasteiger partial charge in [-0.25, -0.2) is 17.9 Å². The summed E-state index contributed by atoms with van der Waals surface area (Å²) in [5.41, 5.74) is 5.68. The van der Waals surface area contributed by atoms with E-state index >= 15 is 0 Å². The third-order valence-corrected chi connectivity index (χ3v) is 3.25. The minimum Gasteiger partial charge on any atom is -0.318 e. The molecule has 4 N–H and O–H groups in total. The molecule has 0 bridgehead atoms. The lowest BCUT2D eigenvalue weighted by molar-refractivity contribution is -0.119. The Kier molecular flexibility index (Phi) is 4.78. The average Bonchev–Trinajstić information content (AvgIpc) is 2.34. The van der Waals surface area contributed by atoms with Gasteiger partial charge in [0.05, 0.1) is 4.90 Å². The van der Waals surface area contributed by atoms with Crippen molar-refractivity contribution in [3.63, 3.8) is 0 Å². The molecule has 1 aromatic carbocycles. The molecular weight excluding hydrogens is 271 g/mol. The molecule has 102 valence electrons. The van der Waals surface area contributed by atoms with Crippen molar-refractivity contribution < 1.29 is 17.6 Å². The summed E-state index contributed by atoms with van der Waals surface area (Å²) in [5, 5.41) is 4.92. The Bertz CT molecular complexity index is 629. The van der Waals surface area contributed by atoms with Crippen LogP contribution in [0.1, 0.15) is 12.5 Å². The summed E-state index contributed by atoms with van der Waals surface area (Å²) in [5.74, 6) is 4.17. The van der Waals surface area contributed by atoms with Crippen LogP contribution < -0.4 is 10.9 Å². The van der Waals surface area contributed by atoms with Gasteiger partial charge in [0.2, 0.25) is 10.0 Å². The van der Waals surface area contributed by atoms with Gasteiger partial charge in [-0.15, -0.1) is 0 Å². The molecule has 0 heterocycles. The maximum Gasteiger partial charge on any atom is 0.238 e. The van der Waals surface area contributed by atoms with Crippen LogP contribution in [0.3, 0.4) is 0 Å². The summed E-state index contributed by atoms with van der Waals surface area (Å²) in [6.07, 6.45) is -1.77. The van der Waals surface area contributed by atoms with Gasteiger partial charge in [0.15, 0.2) is 6.17 Å². The van der Waals surface area contributed by atoms with Gasteiger partial charge in [0, 0.05) is 5.56 Å². The Hall–Kier alpha value is -1.75. The topological polar surface area (TPSA) is 103 Å². The van der Waals surface area contributed by atoms with Gasteiger partial charge in [-0.3, -0.25) is 4.79 Å². The van der Waals surface area contributed by atoms with Crippen LogP contribution in [0.4, 0.5) is 4.39 Å². The number of benzene rings is 1. The van der Waals surface area contributed by atoms with Crippen LogP contribution in [0.15, 0.2) is 29.2 Å². The third kappa shape index (κ3) is 4.44. The zero-order valence-electron chi connectivity index (χ0n) is 10.1. The standard InChI is InChI=1S/C12H13FN2O3S/c1-8(16)12(14)11(13)7-4-9-2-5-10(6-3-9)19(15,17)18/h2-3,5-6,11-12H,14H2,1H3,(H2,15,17,18). The van der Waals surface area contributed by atoms with E-state index in [1.807, 2.05) is 0 Å². The molecule has 0 amide bonds. The average molecular weight is 284 g/mol. The molecule has 0 saturated heterocycles. The third-order valence-electron chi connectivity index (χ3n) is 2.32. The van der Waals surface area contributed by atoms with Crippen LogP contribution in [0.5, 0.6) is 0 Å². The van der Waals surface area contributed by atoms with Crippen LogP contribution >= 0.6 is 0 Å². The van der Waals surface area contributed by atoms with E-state index in [1.165, 1.54) is 31.2 Å². The van der Waals surface area contributed by atoms with Crippen molar-refractivity contribution in [2.45, 2.75) is 24.0 Å². The molecular formula is C12H13FN2O3S. The molecule has 1 aromatic rings. The van der Waals surface area contributed by atoms with Crippen LogP contribution in [-0.2, 0) is 14.8 Å². The zero-order valence-corrected chi connectivity index (χ0v) is 10.9. The predicted molar refractivity (Wildman–Crippen MR) is 68.2 cm³/mol. The van der Waals surface area contributed by atoms with Gasteiger partial charge in [-0.1, -0.05) is 11.8 Å². The molecule has 1 rings (SSSR count). The van der Waals surface area contributed by atoms with Crippen molar-refractivity contribution in [3.8, 4) is 11.8 Å². The first kappa shape index (κ1) is 15.3. The first-order chi connectivity index (χ1) is 8.71. The summed E-state index contributed by atoms with van der Waals surface area (Å²) in [7, 11) is -3.76. The fraction of sp³-hybridized carbons (Fsp3) is 0.250. The van der Waals surface area contributed by atoms with Crippen LogP contribution in [0.2, 0.25) is 0 Å². The molecule has 0 fully saturated rings. The van der Waals surface area contributed by atoms with Crippen LogP contribution in [-0.4, -0.2) is 26.4 Å². The van der Waals surface area contributed by atoms with Crippen molar-refractivity contribution in [3.05, 3.63) is 29.8 Å². The number of halogens is 1. The fourth-order valence-electron chi connectivity index (χ4n) is 1.18. The van der Waals surface area contributed by atoms with Crippen molar-refractivity contribution in [2.24, 2.45) is 10.9 Å². The zero-order chi connectivity index (χ0) is 14.6. The summed E-state index contributed by atoms with van der Waals surface area (Å²) in [6, 6.07) is 4.02. The van der Waals surface area contributed by atoms with E-state index in [2.05, 4.69) is 11.8 Å². The predicted octanol–water partition coefficient (Wildman–Crippen LogP) is -0.0601. The maximum atomic E-state index is 13.4. The number of carbonyl (C=O) groups excluding carboxylic acids is 1. The Morgan fingerprint density at radius 2 is 1.84 bits per heavy atom.